The van der Waals surface area contributed by atoms with Gasteiger partial charge in [-0.15, -0.1) is 0 Å². The van der Waals surface area contributed by atoms with Gasteiger partial charge in [0.05, 0.1) is 17.8 Å². The molecular weight excluding hydrogens is 368 g/mol. The third kappa shape index (κ3) is 4.67. The molecule has 1 fully saturated rings. The van der Waals surface area contributed by atoms with E-state index < -0.39 is 0 Å². The van der Waals surface area contributed by atoms with E-state index in [4.69, 9.17) is 10.5 Å². The van der Waals surface area contributed by atoms with E-state index in [0.29, 0.717) is 12.2 Å². The van der Waals surface area contributed by atoms with Crippen LogP contribution in [0.2, 0.25) is 0 Å². The quantitative estimate of drug-likeness (QED) is 0.783. The summed E-state index contributed by atoms with van der Waals surface area (Å²) in [5, 5.41) is 2.80. The lowest BCUT2D eigenvalue weighted by molar-refractivity contribution is -0.122. The molecule has 7 heteroatoms. The first-order valence-electron chi connectivity index (χ1n) is 10.1. The van der Waals surface area contributed by atoms with Gasteiger partial charge in [-0.2, -0.15) is 0 Å². The van der Waals surface area contributed by atoms with Crippen LogP contribution in [0.25, 0.3) is 0 Å². The summed E-state index contributed by atoms with van der Waals surface area (Å²) >= 11 is 0. The second kappa shape index (κ2) is 8.51. The predicted octanol–water partition coefficient (Wildman–Crippen LogP) is 2.29. The van der Waals surface area contributed by atoms with E-state index in [1.54, 1.807) is 6.20 Å². The smallest absolute Gasteiger partial charge is 0.262 e. The first kappa shape index (κ1) is 19.2. The number of hydrogen-bond donors (Lipinski definition) is 2. The average molecular weight is 394 g/mol. The number of nitrogens with one attached hydrogen (secondary N) is 1. The van der Waals surface area contributed by atoms with E-state index in [1.165, 1.54) is 17.5 Å². The van der Waals surface area contributed by atoms with E-state index in [0.717, 1.165) is 43.8 Å². The van der Waals surface area contributed by atoms with Gasteiger partial charge in [-0.25, -0.2) is 4.98 Å². The van der Waals surface area contributed by atoms with Crippen molar-refractivity contribution in [2.45, 2.75) is 32.1 Å². The highest BCUT2D eigenvalue weighted by Gasteiger charge is 2.24. The summed E-state index contributed by atoms with van der Waals surface area (Å²) in [5.41, 5.74) is 8.75. The van der Waals surface area contributed by atoms with E-state index >= 15 is 0 Å². The van der Waals surface area contributed by atoms with Gasteiger partial charge in [-0.3, -0.25) is 9.59 Å². The standard InChI is InChI=1S/C22H26N4O3/c23-22(28)17-5-2-10-26(13-17)20-9-7-18(12-24-20)25-21(27)14-29-19-8-6-15-3-1-4-16(15)11-19/h6-9,11-12,17H,1-5,10,13-14H2,(H2,23,28)(H,25,27). The van der Waals surface area contributed by atoms with E-state index in [9.17, 15) is 9.59 Å². The first-order chi connectivity index (χ1) is 14.1. The monoisotopic (exact) mass is 394 g/mol. The highest BCUT2D eigenvalue weighted by molar-refractivity contribution is 5.91. The minimum Gasteiger partial charge on any atom is -0.484 e. The molecule has 2 aromatic rings. The highest BCUT2D eigenvalue weighted by Crippen LogP contribution is 2.26. The van der Waals surface area contributed by atoms with Crippen LogP contribution >= 0.6 is 0 Å². The van der Waals surface area contributed by atoms with E-state index in [-0.39, 0.29) is 24.3 Å². The van der Waals surface area contributed by atoms with Crippen molar-refractivity contribution in [2.75, 3.05) is 29.9 Å². The number of amides is 2. The molecule has 4 rings (SSSR count). The minimum atomic E-state index is -0.262. The number of carbonyl (C=O) groups is 2. The van der Waals surface area contributed by atoms with Gasteiger partial charge in [0.2, 0.25) is 5.91 Å². The number of piperidine rings is 1. The zero-order valence-corrected chi connectivity index (χ0v) is 16.4. The van der Waals surface area contributed by atoms with Crippen molar-refractivity contribution < 1.29 is 14.3 Å². The fourth-order valence-corrected chi connectivity index (χ4v) is 4.05. The molecule has 29 heavy (non-hydrogen) atoms. The topological polar surface area (TPSA) is 97.6 Å². The summed E-state index contributed by atoms with van der Waals surface area (Å²) in [5.74, 6) is 0.877. The molecule has 1 aliphatic heterocycles. The summed E-state index contributed by atoms with van der Waals surface area (Å²) in [7, 11) is 0. The third-order valence-corrected chi connectivity index (χ3v) is 5.62. The Morgan fingerprint density at radius 1 is 1.17 bits per heavy atom. The van der Waals surface area contributed by atoms with Crippen LogP contribution in [0, 0.1) is 5.92 Å². The van der Waals surface area contributed by atoms with Crippen LogP contribution in [0.1, 0.15) is 30.4 Å². The average Bonchev–Trinajstić information content (AvgIpc) is 3.21. The molecule has 1 atom stereocenters. The Balaban J connectivity index is 1.29. The number of nitrogens with zero attached hydrogens (tertiary/aromatic N) is 2. The number of benzene rings is 1. The number of anilines is 2. The third-order valence-electron chi connectivity index (χ3n) is 5.62. The fraction of sp³-hybridized carbons (Fsp3) is 0.409. The Morgan fingerprint density at radius 2 is 2.03 bits per heavy atom. The van der Waals surface area contributed by atoms with Crippen LogP contribution in [0.3, 0.4) is 0 Å². The van der Waals surface area contributed by atoms with Gasteiger partial charge < -0.3 is 20.7 Å². The summed E-state index contributed by atoms with van der Waals surface area (Å²) in [6.07, 6.45) is 6.74. The predicted molar refractivity (Wildman–Crippen MR) is 111 cm³/mol. The van der Waals surface area contributed by atoms with Crippen LogP contribution in [0.15, 0.2) is 36.5 Å². The molecule has 2 aliphatic rings. The van der Waals surface area contributed by atoms with Crippen molar-refractivity contribution in [3.8, 4) is 5.75 Å². The molecule has 1 aromatic carbocycles. The van der Waals surface area contributed by atoms with Gasteiger partial charge in [0.15, 0.2) is 6.61 Å². The maximum Gasteiger partial charge on any atom is 0.262 e. The molecule has 152 valence electrons. The summed E-state index contributed by atoms with van der Waals surface area (Å²) in [6, 6.07) is 9.70. The van der Waals surface area contributed by atoms with Gasteiger partial charge in [-0.05, 0) is 67.5 Å². The van der Waals surface area contributed by atoms with Gasteiger partial charge in [-0.1, -0.05) is 6.07 Å². The Labute approximate surface area is 170 Å². The molecule has 0 saturated carbocycles. The summed E-state index contributed by atoms with van der Waals surface area (Å²) in [6.45, 7) is 1.38. The molecule has 2 heterocycles. The molecule has 2 amide bonds. The molecular formula is C22H26N4O3. The Hall–Kier alpha value is -3.09. The molecule has 0 radical (unpaired) electrons. The number of carbonyl (C=O) groups excluding carboxylic acids is 2. The normalized spacial score (nSPS) is 18.2. The number of ether oxygens (including phenoxy) is 1. The van der Waals surface area contributed by atoms with Crippen LogP contribution in [0.4, 0.5) is 11.5 Å². The fourth-order valence-electron chi connectivity index (χ4n) is 4.05. The Kier molecular flexibility index (Phi) is 5.64. The lowest BCUT2D eigenvalue weighted by Crippen LogP contribution is -2.41. The zero-order valence-electron chi connectivity index (χ0n) is 16.4. The van der Waals surface area contributed by atoms with E-state index in [2.05, 4.69) is 21.3 Å². The zero-order chi connectivity index (χ0) is 20.2. The lowest BCUT2D eigenvalue weighted by atomic mass is 9.97. The highest BCUT2D eigenvalue weighted by atomic mass is 16.5. The number of hydrogen-bond acceptors (Lipinski definition) is 5. The van der Waals surface area contributed by atoms with Crippen LogP contribution in [-0.2, 0) is 22.4 Å². The van der Waals surface area contributed by atoms with Crippen molar-refractivity contribution in [1.82, 2.24) is 4.98 Å². The number of pyridine rings is 1. The minimum absolute atomic E-state index is 0.0487. The molecule has 1 aromatic heterocycles. The van der Waals surface area contributed by atoms with Crippen molar-refractivity contribution in [1.29, 1.82) is 0 Å². The Morgan fingerprint density at radius 3 is 2.83 bits per heavy atom. The number of aromatic nitrogens is 1. The van der Waals surface area contributed by atoms with Crippen molar-refractivity contribution in [3.63, 3.8) is 0 Å². The second-order valence-electron chi connectivity index (χ2n) is 7.71. The molecule has 1 aliphatic carbocycles. The number of fused-ring (bicyclic) bond motifs is 1. The van der Waals surface area contributed by atoms with Crippen molar-refractivity contribution in [2.24, 2.45) is 11.7 Å². The summed E-state index contributed by atoms with van der Waals surface area (Å²) < 4.78 is 5.63. The SMILES string of the molecule is NC(=O)C1CCCN(c2ccc(NC(=O)COc3ccc4c(c3)CCC4)cn2)C1. The maximum absolute atomic E-state index is 12.2. The van der Waals surface area contributed by atoms with Crippen LogP contribution < -0.4 is 20.7 Å². The lowest BCUT2D eigenvalue weighted by Gasteiger charge is -2.32. The number of primary amides is 1. The molecule has 0 bridgehead atoms. The molecule has 7 nitrogen and oxygen atoms in total. The Bertz CT molecular complexity index is 897. The molecule has 1 saturated heterocycles. The van der Waals surface area contributed by atoms with Crippen molar-refractivity contribution >= 4 is 23.3 Å². The van der Waals surface area contributed by atoms with Gasteiger partial charge >= 0.3 is 0 Å². The largest absolute Gasteiger partial charge is 0.484 e. The van der Waals surface area contributed by atoms with Crippen molar-refractivity contribution in [3.05, 3.63) is 47.7 Å². The first-order valence-corrected chi connectivity index (χ1v) is 10.1. The van der Waals surface area contributed by atoms with Crippen LogP contribution in [-0.4, -0.2) is 36.5 Å². The van der Waals surface area contributed by atoms with Gasteiger partial charge in [0.1, 0.15) is 11.6 Å². The second-order valence-corrected chi connectivity index (χ2v) is 7.71. The van der Waals surface area contributed by atoms with E-state index in [1.807, 2.05) is 24.3 Å². The molecule has 0 spiro atoms. The van der Waals surface area contributed by atoms with Gasteiger partial charge in [0, 0.05) is 13.1 Å². The molecule has 1 unspecified atom stereocenters. The molecule has 3 N–H and O–H groups in total. The maximum atomic E-state index is 12.2. The van der Waals surface area contributed by atoms with Gasteiger partial charge in [0.25, 0.3) is 5.91 Å². The number of rotatable bonds is 6. The number of aryl methyl sites for hydroxylation is 2. The summed E-state index contributed by atoms with van der Waals surface area (Å²) in [4.78, 5) is 30.1. The van der Waals surface area contributed by atoms with Crippen LogP contribution in [0.5, 0.6) is 5.75 Å². The number of nitrogens with two attached hydrogens (primary N) is 1.